The molecule has 2 aromatic heterocycles. The number of fused-ring (bicyclic) bond motifs is 15. The van der Waals surface area contributed by atoms with Crippen LogP contribution in [-0.2, 0) is 11.8 Å². The number of hydrogen-bond acceptors (Lipinski definition) is 2. The standard InChI is InChI=1S/C62H39N2PS/c66-65(49-33-29-39-11-1-2-13-44(39)36-49,61-54-17-7-5-15-51(54)52-16-6-8-18-55(52)61)48-31-27-41(28-32-48)40-21-23-42(24-22-40)45-25-26-46-37-56-53-34-30-43-12-3-4-14-50(43)60(53)62-63-57-19-9-10-20-58(57)64(62)59(56)38-47(46)35-45/h1-38,61H. The summed E-state index contributed by atoms with van der Waals surface area (Å²) in [5.41, 5.74) is 14.4. The Balaban J connectivity index is 0.850. The Hall–Kier alpha value is -7.68. The van der Waals surface area contributed by atoms with Crippen molar-refractivity contribution in [3.8, 4) is 33.4 Å². The third kappa shape index (κ3) is 5.54. The lowest BCUT2D eigenvalue weighted by Crippen LogP contribution is -2.21. The predicted molar refractivity (Wildman–Crippen MR) is 285 cm³/mol. The molecule has 0 saturated carbocycles. The summed E-state index contributed by atoms with van der Waals surface area (Å²) in [5, 5.41) is 13.5. The van der Waals surface area contributed by atoms with Gasteiger partial charge < -0.3 is 0 Å². The van der Waals surface area contributed by atoms with E-state index in [0.29, 0.717) is 0 Å². The van der Waals surface area contributed by atoms with Crippen molar-refractivity contribution in [2.24, 2.45) is 0 Å². The monoisotopic (exact) mass is 874 g/mol. The van der Waals surface area contributed by atoms with Crippen molar-refractivity contribution in [1.82, 2.24) is 9.38 Å². The van der Waals surface area contributed by atoms with Gasteiger partial charge in [-0.05, 0) is 129 Å². The molecule has 0 N–H and O–H groups in total. The van der Waals surface area contributed by atoms with Crippen molar-refractivity contribution in [3.63, 3.8) is 0 Å². The van der Waals surface area contributed by atoms with Gasteiger partial charge in [0, 0.05) is 22.5 Å². The van der Waals surface area contributed by atoms with Gasteiger partial charge in [0.15, 0.2) is 0 Å². The van der Waals surface area contributed by atoms with Gasteiger partial charge in [-0.15, -0.1) is 0 Å². The van der Waals surface area contributed by atoms with E-state index in [1.165, 1.54) is 104 Å². The van der Waals surface area contributed by atoms with Crippen molar-refractivity contribution in [1.29, 1.82) is 0 Å². The number of nitrogens with zero attached hydrogens (tertiary/aromatic N) is 2. The Morgan fingerprint density at radius 2 is 0.939 bits per heavy atom. The van der Waals surface area contributed by atoms with Gasteiger partial charge >= 0.3 is 0 Å². The molecule has 1 atom stereocenters. The minimum Gasteiger partial charge on any atom is -0.292 e. The van der Waals surface area contributed by atoms with Crippen molar-refractivity contribution in [3.05, 3.63) is 242 Å². The second-order valence-electron chi connectivity index (χ2n) is 17.8. The molecule has 0 saturated heterocycles. The molecule has 0 bridgehead atoms. The molecule has 1 aliphatic rings. The fraction of sp³-hybridized carbons (Fsp3) is 0.0161. The van der Waals surface area contributed by atoms with Crippen LogP contribution in [0, 0.1) is 0 Å². The molecule has 1 aliphatic carbocycles. The number of imidazole rings is 1. The minimum atomic E-state index is -2.45. The molecule has 66 heavy (non-hydrogen) atoms. The van der Waals surface area contributed by atoms with Crippen LogP contribution in [0.1, 0.15) is 16.8 Å². The summed E-state index contributed by atoms with van der Waals surface area (Å²) in [4.78, 5) is 5.26. The van der Waals surface area contributed by atoms with Crippen LogP contribution in [0.4, 0.5) is 0 Å². The first-order valence-corrected chi connectivity index (χ1v) is 25.5. The van der Waals surface area contributed by atoms with E-state index in [4.69, 9.17) is 16.8 Å². The Morgan fingerprint density at radius 1 is 0.379 bits per heavy atom. The maximum atomic E-state index is 7.18. The van der Waals surface area contributed by atoms with Crippen LogP contribution >= 0.6 is 6.04 Å². The summed E-state index contributed by atoms with van der Waals surface area (Å²) in [6.07, 6.45) is 0. The summed E-state index contributed by atoms with van der Waals surface area (Å²) in [5.74, 6) is 0. The molecule has 4 heteroatoms. The molecule has 14 rings (SSSR count). The Labute approximate surface area is 387 Å². The maximum Gasteiger partial charge on any atom is 0.147 e. The fourth-order valence-corrected chi connectivity index (χ4v) is 15.9. The van der Waals surface area contributed by atoms with Gasteiger partial charge in [-0.2, -0.15) is 0 Å². The third-order valence-corrected chi connectivity index (χ3v) is 19.6. The second-order valence-corrected chi connectivity index (χ2v) is 22.4. The highest BCUT2D eigenvalue weighted by Crippen LogP contribution is 2.66. The first-order valence-electron chi connectivity index (χ1n) is 22.7. The lowest BCUT2D eigenvalue weighted by Gasteiger charge is -2.32. The largest absolute Gasteiger partial charge is 0.292 e. The van der Waals surface area contributed by atoms with Crippen molar-refractivity contribution < 1.29 is 0 Å². The zero-order valence-corrected chi connectivity index (χ0v) is 37.5. The molecule has 0 fully saturated rings. The van der Waals surface area contributed by atoms with E-state index in [2.05, 4.69) is 235 Å². The number of aromatic nitrogens is 2. The fourth-order valence-electron chi connectivity index (χ4n) is 11.1. The van der Waals surface area contributed by atoms with E-state index in [1.807, 2.05) is 0 Å². The predicted octanol–water partition coefficient (Wildman–Crippen LogP) is 15.8. The molecule has 0 amide bonds. The number of benzene rings is 11. The maximum absolute atomic E-state index is 7.18. The first kappa shape index (κ1) is 37.7. The molecule has 308 valence electrons. The van der Waals surface area contributed by atoms with Crippen LogP contribution in [0.3, 0.4) is 0 Å². The molecule has 13 aromatic rings. The van der Waals surface area contributed by atoms with Crippen molar-refractivity contribution in [2.75, 3.05) is 0 Å². The topological polar surface area (TPSA) is 17.3 Å². The summed E-state index contributed by atoms with van der Waals surface area (Å²) in [6, 6.07) is 82.5. The summed E-state index contributed by atoms with van der Waals surface area (Å²) >= 11 is 7.18. The van der Waals surface area contributed by atoms with E-state index in [-0.39, 0.29) is 5.66 Å². The summed E-state index contributed by atoms with van der Waals surface area (Å²) in [7, 11) is 0. The Morgan fingerprint density at radius 3 is 1.71 bits per heavy atom. The van der Waals surface area contributed by atoms with Crippen molar-refractivity contribution >= 4 is 99.1 Å². The van der Waals surface area contributed by atoms with Gasteiger partial charge in [-0.25, -0.2) is 4.98 Å². The minimum absolute atomic E-state index is 0.0798. The van der Waals surface area contributed by atoms with Crippen LogP contribution in [0.25, 0.3) is 104 Å². The van der Waals surface area contributed by atoms with E-state index in [9.17, 15) is 0 Å². The first-order chi connectivity index (χ1) is 32.6. The molecule has 11 aromatic carbocycles. The number of hydrogen-bond donors (Lipinski definition) is 0. The highest BCUT2D eigenvalue weighted by molar-refractivity contribution is 8.22. The van der Waals surface area contributed by atoms with E-state index < -0.39 is 6.04 Å². The van der Waals surface area contributed by atoms with Gasteiger partial charge in [-0.3, -0.25) is 4.40 Å². The molecule has 0 spiro atoms. The summed E-state index contributed by atoms with van der Waals surface area (Å²) in [6.45, 7) is 0. The quantitative estimate of drug-likeness (QED) is 0.0974. The smallest absolute Gasteiger partial charge is 0.147 e. The average molecular weight is 875 g/mol. The van der Waals surface area contributed by atoms with Gasteiger partial charge in [0.05, 0.1) is 16.6 Å². The van der Waals surface area contributed by atoms with Crippen LogP contribution in [-0.4, -0.2) is 9.38 Å². The lowest BCUT2D eigenvalue weighted by molar-refractivity contribution is 1.20. The molecular weight excluding hydrogens is 836 g/mol. The van der Waals surface area contributed by atoms with E-state index in [0.717, 1.165) is 22.2 Å². The van der Waals surface area contributed by atoms with Gasteiger partial charge in [0.2, 0.25) is 0 Å². The Bertz CT molecular complexity index is 4160. The van der Waals surface area contributed by atoms with Crippen molar-refractivity contribution in [2.45, 2.75) is 5.66 Å². The Kier molecular flexibility index (Phi) is 8.23. The molecule has 2 nitrogen and oxygen atoms in total. The molecule has 0 radical (unpaired) electrons. The third-order valence-electron chi connectivity index (χ3n) is 14.3. The highest BCUT2D eigenvalue weighted by atomic mass is 32.4. The molecule has 2 heterocycles. The highest BCUT2D eigenvalue weighted by Gasteiger charge is 2.41. The average Bonchev–Trinajstić information content (AvgIpc) is 3.94. The van der Waals surface area contributed by atoms with Crippen LogP contribution in [0.5, 0.6) is 0 Å². The molecular formula is C62H39N2PS. The zero-order chi connectivity index (χ0) is 43.5. The lowest BCUT2D eigenvalue weighted by atomic mass is 9.95. The van der Waals surface area contributed by atoms with Gasteiger partial charge in [-0.1, -0.05) is 206 Å². The molecule has 1 unspecified atom stereocenters. The number of pyridine rings is 1. The summed E-state index contributed by atoms with van der Waals surface area (Å²) < 4.78 is 2.37. The SMILES string of the molecule is S=P(c1ccc(-c2ccc(-c3ccc4cc5c6ccc7ccccc7c6c6nc7ccccc7n6c5cc4c3)cc2)cc1)(c1ccc2ccccc2c1)C1c2ccccc2-c2ccccc21. The van der Waals surface area contributed by atoms with E-state index >= 15 is 0 Å². The normalized spacial score (nSPS) is 13.6. The number of rotatable bonds is 5. The van der Waals surface area contributed by atoms with E-state index in [1.54, 1.807) is 0 Å². The van der Waals surface area contributed by atoms with Gasteiger partial charge in [0.25, 0.3) is 0 Å². The second kappa shape index (κ2) is 14.4. The zero-order valence-electron chi connectivity index (χ0n) is 35.8. The van der Waals surface area contributed by atoms with Crippen LogP contribution < -0.4 is 10.6 Å². The van der Waals surface area contributed by atoms with Gasteiger partial charge in [0.1, 0.15) is 5.65 Å². The molecule has 0 aliphatic heterocycles. The van der Waals surface area contributed by atoms with Crippen LogP contribution in [0.2, 0.25) is 0 Å². The van der Waals surface area contributed by atoms with Crippen LogP contribution in [0.15, 0.2) is 231 Å². The number of para-hydroxylation sites is 2.